The molecule has 0 amide bonds. The number of benzene rings is 2. The molecule has 0 unspecified atom stereocenters. The van der Waals surface area contributed by atoms with Crippen LogP contribution >= 0.6 is 0 Å². The minimum Gasteiger partial charge on any atom is -0.491 e. The zero-order valence-corrected chi connectivity index (χ0v) is 13.5. The van der Waals surface area contributed by atoms with Crippen molar-refractivity contribution in [2.24, 2.45) is 0 Å². The topological polar surface area (TPSA) is 60.2 Å². The average molecular weight is 331 g/mol. The molecule has 2 heterocycles. The fourth-order valence-electron chi connectivity index (χ4n) is 2.81. The summed E-state index contributed by atoms with van der Waals surface area (Å²) < 4.78 is 7.44. The highest BCUT2D eigenvalue weighted by Crippen LogP contribution is 2.25. The smallest absolute Gasteiger partial charge is 0.119 e. The predicted octanol–water partition coefficient (Wildman–Crippen LogP) is 3.46. The van der Waals surface area contributed by atoms with Crippen molar-refractivity contribution in [1.82, 2.24) is 14.5 Å². The van der Waals surface area contributed by atoms with Crippen molar-refractivity contribution in [3.63, 3.8) is 0 Å². The van der Waals surface area contributed by atoms with Gasteiger partial charge in [0.25, 0.3) is 0 Å². The second kappa shape index (κ2) is 6.75. The lowest BCUT2D eigenvalue weighted by Gasteiger charge is -2.08. The summed E-state index contributed by atoms with van der Waals surface area (Å²) in [6.07, 6.45) is 5.40. The van der Waals surface area contributed by atoms with Gasteiger partial charge in [-0.05, 0) is 59.7 Å². The quantitative estimate of drug-likeness (QED) is 0.608. The Bertz CT molecular complexity index is 979. The van der Waals surface area contributed by atoms with Gasteiger partial charge in [-0.15, -0.1) is 0 Å². The van der Waals surface area contributed by atoms with Crippen LogP contribution in [0.5, 0.6) is 5.75 Å². The molecule has 2 aromatic carbocycles. The first kappa shape index (κ1) is 15.4. The highest BCUT2D eigenvalue weighted by Gasteiger charge is 2.07. The van der Waals surface area contributed by atoms with Crippen molar-refractivity contribution in [2.75, 3.05) is 13.2 Å². The van der Waals surface area contributed by atoms with E-state index in [-0.39, 0.29) is 6.61 Å². The summed E-state index contributed by atoms with van der Waals surface area (Å²) in [5.74, 6) is 0.738. The molecule has 0 bridgehead atoms. The van der Waals surface area contributed by atoms with E-state index in [0.29, 0.717) is 6.61 Å². The first-order valence-corrected chi connectivity index (χ1v) is 8.07. The molecule has 0 aliphatic rings. The number of pyridine rings is 1. The van der Waals surface area contributed by atoms with Gasteiger partial charge >= 0.3 is 0 Å². The Labute approximate surface area is 145 Å². The Hall–Kier alpha value is -3.18. The maximum absolute atomic E-state index is 8.81. The number of hydrogen-bond acceptors (Lipinski definition) is 4. The summed E-state index contributed by atoms with van der Waals surface area (Å²) in [7, 11) is 0. The van der Waals surface area contributed by atoms with Crippen LogP contribution < -0.4 is 4.74 Å². The Balaban J connectivity index is 1.67. The summed E-state index contributed by atoms with van der Waals surface area (Å²) >= 11 is 0. The monoisotopic (exact) mass is 331 g/mol. The van der Waals surface area contributed by atoms with Crippen LogP contribution in [0.1, 0.15) is 0 Å². The van der Waals surface area contributed by atoms with Gasteiger partial charge in [-0.1, -0.05) is 6.07 Å². The highest BCUT2D eigenvalue weighted by molar-refractivity contribution is 5.83. The van der Waals surface area contributed by atoms with E-state index in [2.05, 4.69) is 28.2 Å². The van der Waals surface area contributed by atoms with Crippen molar-refractivity contribution < 1.29 is 9.84 Å². The molecule has 0 aliphatic heterocycles. The average Bonchev–Trinajstić information content (AvgIpc) is 3.10. The van der Waals surface area contributed by atoms with E-state index in [4.69, 9.17) is 9.84 Å². The number of aliphatic hydroxyl groups excluding tert-OH is 1. The van der Waals surface area contributed by atoms with E-state index in [1.54, 1.807) is 12.4 Å². The normalized spacial score (nSPS) is 10.9. The zero-order valence-electron chi connectivity index (χ0n) is 13.5. The Morgan fingerprint density at radius 2 is 1.72 bits per heavy atom. The van der Waals surface area contributed by atoms with Gasteiger partial charge in [0.05, 0.1) is 17.6 Å². The Morgan fingerprint density at radius 3 is 2.48 bits per heavy atom. The standard InChI is InChI=1S/C20H17N3O2/c24-11-12-25-18-4-2-17(3-5-18)23-14-22-19-13-16(1-6-20(19)23)15-7-9-21-10-8-15/h1-10,13-14,24H,11-12H2. The number of aromatic nitrogens is 3. The molecular weight excluding hydrogens is 314 g/mol. The summed E-state index contributed by atoms with van der Waals surface area (Å²) in [5.41, 5.74) is 5.23. The van der Waals surface area contributed by atoms with E-state index in [0.717, 1.165) is 33.6 Å². The van der Waals surface area contributed by atoms with Crippen LogP contribution in [0.4, 0.5) is 0 Å². The minimum atomic E-state index is 0.00766. The Kier molecular flexibility index (Phi) is 4.14. The SMILES string of the molecule is OCCOc1ccc(-n2cnc3cc(-c4ccncc4)ccc32)cc1. The number of ether oxygens (including phenoxy) is 1. The minimum absolute atomic E-state index is 0.00766. The lowest BCUT2D eigenvalue weighted by Crippen LogP contribution is -2.01. The van der Waals surface area contributed by atoms with Crippen molar-refractivity contribution in [3.8, 4) is 22.6 Å². The van der Waals surface area contributed by atoms with Crippen molar-refractivity contribution in [1.29, 1.82) is 0 Å². The molecule has 0 aliphatic carbocycles. The number of rotatable bonds is 5. The molecule has 25 heavy (non-hydrogen) atoms. The van der Waals surface area contributed by atoms with Gasteiger partial charge in [0, 0.05) is 18.1 Å². The Morgan fingerprint density at radius 1 is 0.920 bits per heavy atom. The second-order valence-electron chi connectivity index (χ2n) is 5.62. The van der Waals surface area contributed by atoms with Crippen molar-refractivity contribution in [3.05, 3.63) is 73.3 Å². The molecule has 5 heteroatoms. The maximum Gasteiger partial charge on any atom is 0.119 e. The van der Waals surface area contributed by atoms with Crippen molar-refractivity contribution >= 4 is 11.0 Å². The first-order chi connectivity index (χ1) is 12.3. The van der Waals surface area contributed by atoms with Crippen molar-refractivity contribution in [2.45, 2.75) is 0 Å². The summed E-state index contributed by atoms with van der Waals surface area (Å²) in [4.78, 5) is 8.60. The first-order valence-electron chi connectivity index (χ1n) is 8.07. The molecule has 4 aromatic rings. The molecule has 4 rings (SSSR count). The van der Waals surface area contributed by atoms with E-state index >= 15 is 0 Å². The molecule has 0 atom stereocenters. The number of hydrogen-bond donors (Lipinski definition) is 1. The van der Waals surface area contributed by atoms with Crippen LogP contribution in [0.15, 0.2) is 73.3 Å². The molecule has 0 spiro atoms. The summed E-state index contributed by atoms with van der Waals surface area (Å²) in [5, 5.41) is 8.81. The van der Waals surface area contributed by atoms with Gasteiger partial charge in [0.15, 0.2) is 0 Å². The van der Waals surface area contributed by atoms with Gasteiger partial charge in [0.2, 0.25) is 0 Å². The molecule has 124 valence electrons. The van der Waals surface area contributed by atoms with Crippen LogP contribution in [0.2, 0.25) is 0 Å². The number of imidazole rings is 1. The van der Waals surface area contributed by atoms with Gasteiger partial charge < -0.3 is 9.84 Å². The zero-order chi connectivity index (χ0) is 17.1. The van der Waals surface area contributed by atoms with Gasteiger partial charge in [-0.2, -0.15) is 0 Å². The molecule has 0 radical (unpaired) electrons. The van der Waals surface area contributed by atoms with Gasteiger partial charge in [-0.25, -0.2) is 4.98 Å². The van der Waals surface area contributed by atoms with Gasteiger partial charge in [-0.3, -0.25) is 9.55 Å². The van der Waals surface area contributed by atoms with Crippen LogP contribution in [-0.4, -0.2) is 32.9 Å². The molecule has 5 nitrogen and oxygen atoms in total. The largest absolute Gasteiger partial charge is 0.491 e. The van der Waals surface area contributed by atoms with E-state index < -0.39 is 0 Å². The molecule has 0 fully saturated rings. The molecule has 0 saturated carbocycles. The second-order valence-corrected chi connectivity index (χ2v) is 5.62. The maximum atomic E-state index is 8.81. The third-order valence-electron chi connectivity index (χ3n) is 4.04. The van der Waals surface area contributed by atoms with Crippen LogP contribution in [0, 0.1) is 0 Å². The number of nitrogens with zero attached hydrogens (tertiary/aromatic N) is 3. The molecular formula is C20H17N3O2. The van der Waals surface area contributed by atoms with E-state index in [1.807, 2.05) is 47.3 Å². The van der Waals surface area contributed by atoms with Gasteiger partial charge in [0.1, 0.15) is 18.7 Å². The third kappa shape index (κ3) is 3.09. The summed E-state index contributed by atoms with van der Waals surface area (Å²) in [6, 6.07) is 18.0. The highest BCUT2D eigenvalue weighted by atomic mass is 16.5. The van der Waals surface area contributed by atoms with E-state index in [1.165, 1.54) is 0 Å². The van der Waals surface area contributed by atoms with Crippen LogP contribution in [0.3, 0.4) is 0 Å². The molecule has 1 N–H and O–H groups in total. The number of aliphatic hydroxyl groups is 1. The number of fused-ring (bicyclic) bond motifs is 1. The fourth-order valence-corrected chi connectivity index (χ4v) is 2.81. The van der Waals surface area contributed by atoms with Crippen LogP contribution in [-0.2, 0) is 0 Å². The summed E-state index contributed by atoms with van der Waals surface area (Å²) in [6.45, 7) is 0.304. The lowest BCUT2D eigenvalue weighted by molar-refractivity contribution is 0.201. The molecule has 0 saturated heterocycles. The predicted molar refractivity (Wildman–Crippen MR) is 96.9 cm³/mol. The van der Waals surface area contributed by atoms with Crippen LogP contribution in [0.25, 0.3) is 27.8 Å². The third-order valence-corrected chi connectivity index (χ3v) is 4.04. The lowest BCUT2D eigenvalue weighted by atomic mass is 10.1. The molecule has 2 aromatic heterocycles. The van der Waals surface area contributed by atoms with E-state index in [9.17, 15) is 0 Å². The fraction of sp³-hybridized carbons (Fsp3) is 0.100.